The molecule has 0 spiro atoms. The molecule has 0 aliphatic carbocycles. The molecule has 0 heterocycles. The first-order valence-corrected chi connectivity index (χ1v) is 86.4. The van der Waals surface area contributed by atoms with Gasteiger partial charge in [0.1, 0.15) is 6.14 Å². The van der Waals surface area contributed by atoms with Gasteiger partial charge in [0.2, 0.25) is 0 Å². The van der Waals surface area contributed by atoms with Crippen LogP contribution in [0, 0.1) is 0 Å². The van der Waals surface area contributed by atoms with Crippen LogP contribution < -0.4 is 0 Å². The van der Waals surface area contributed by atoms with Crippen LogP contribution in [0.25, 0.3) is 0 Å². The second-order valence-corrected chi connectivity index (χ2v) is 155. The molecule has 0 N–H and O–H groups in total. The number of hydrogen-bond acceptors (Lipinski definition) is 0. The standard InChI is InChI=1S/C51H135F3Si17/c1-43(2)67(46(55(7,8)9)56(10,11)12,47(57(13,14)15)58(16,17)18)71(70(52,53)54,68(44(3)4,48(59(19,20)21)60(22,23)24)49(61(25,26)27)62(28,29)30)69(45(5)6,50(63(31,32)33)64(34,35)36)51(65(37,38)39)66(40,41)42/h43-51H,1-42H3. The lowest BCUT2D eigenvalue weighted by Crippen LogP contribution is -3.07. The summed E-state index contributed by atoms with van der Waals surface area (Å²) in [5, 5.41) is 0. The average molecular weight is 1280 g/mol. The van der Waals surface area contributed by atoms with Crippen LogP contribution >= 0.6 is 0 Å². The second kappa shape index (κ2) is 22.0. The number of hydrogen-bond donors (Lipinski definition) is 0. The molecule has 71 heavy (non-hydrogen) atoms. The molecule has 20 heteroatoms. The molecule has 0 aliphatic heterocycles. The molecule has 0 radical (unpaired) electrons. The smallest absolute Gasteiger partial charge is 0.242 e. The van der Waals surface area contributed by atoms with Crippen LogP contribution in [0.2, 0.25) is 281 Å². The molecule has 0 unspecified atom stereocenters. The summed E-state index contributed by atoms with van der Waals surface area (Å²) >= 11 is 0. The van der Waals surface area contributed by atoms with Gasteiger partial charge in [-0.1, -0.05) is 323 Å². The van der Waals surface area contributed by atoms with E-state index in [9.17, 15) is 0 Å². The molecule has 0 nitrogen and oxygen atoms in total. The van der Waals surface area contributed by atoms with Gasteiger partial charge in [-0.2, -0.15) is 0 Å². The fourth-order valence-electron chi connectivity index (χ4n) is 23.4. The van der Waals surface area contributed by atoms with E-state index in [2.05, 4.69) is 277 Å². The Labute approximate surface area is 465 Å². The molecule has 0 aliphatic rings. The fourth-order valence-corrected chi connectivity index (χ4v) is 416. The van der Waals surface area contributed by atoms with Gasteiger partial charge in [-0.25, -0.2) is 12.3 Å². The van der Waals surface area contributed by atoms with Crippen molar-refractivity contribution in [3.8, 4) is 0 Å². The summed E-state index contributed by atoms with van der Waals surface area (Å²) in [6.45, 7) is 114. The summed E-state index contributed by atoms with van der Waals surface area (Å²) in [4.78, 5) is 2.02. The maximum Gasteiger partial charge on any atom is 0.573 e. The van der Waals surface area contributed by atoms with Gasteiger partial charge in [0.05, 0.1) is 0 Å². The van der Waals surface area contributed by atoms with E-state index in [4.69, 9.17) is 0 Å². The summed E-state index contributed by atoms with van der Waals surface area (Å²) in [5.74, 6) is 0. The van der Waals surface area contributed by atoms with Crippen molar-refractivity contribution in [1.82, 2.24) is 0 Å². The largest absolute Gasteiger partial charge is 0.573 e. The quantitative estimate of drug-likeness (QED) is 0.0631. The van der Waals surface area contributed by atoms with Crippen molar-refractivity contribution in [2.45, 2.75) is 323 Å². The Hall–Kier alpha value is 3.48. The van der Waals surface area contributed by atoms with Gasteiger partial charge >= 0.3 is 8.59 Å². The molecule has 0 fully saturated rings. The SMILES string of the molecule is CC(C)[Si](C([Si](C)(C)C)[Si](C)(C)C)(C([Si](C)(C)C)[Si](C)(C)C)[Si]([Si](F)(F)F)([Si](C(C)C)(C([Si](C)(C)C)[Si](C)(C)C)C([Si](C)(C)C)[Si](C)(C)C)[Si](C(C)C)(C([Si](C)(C)C)[Si](C)(C)C)C([Si](C)(C)C)[Si](C)(C)C. The van der Waals surface area contributed by atoms with Gasteiger partial charge in [0.15, 0.2) is 0 Å². The highest BCUT2D eigenvalue weighted by Gasteiger charge is 2.97. The van der Waals surface area contributed by atoms with Crippen molar-refractivity contribution in [1.29, 1.82) is 0 Å². The average Bonchev–Trinajstić information content (AvgIpc) is 2.90. The van der Waals surface area contributed by atoms with Crippen LogP contribution in [0.5, 0.6) is 0 Å². The van der Waals surface area contributed by atoms with Gasteiger partial charge in [-0.15, -0.1) is 0 Å². The van der Waals surface area contributed by atoms with Crippen LogP contribution in [-0.2, 0) is 0 Å². The van der Waals surface area contributed by atoms with Crippen LogP contribution in [-0.4, -0.2) is 134 Å². The lowest BCUT2D eigenvalue weighted by Gasteiger charge is -2.83. The van der Waals surface area contributed by atoms with E-state index in [0.717, 1.165) is 0 Å². The topological polar surface area (TPSA) is 0 Å². The first-order chi connectivity index (χ1) is 30.0. The maximum absolute atomic E-state index is 22.3. The summed E-state index contributed by atoms with van der Waals surface area (Å²) in [6, 6.07) is 0. The van der Waals surface area contributed by atoms with Crippen LogP contribution in [0.1, 0.15) is 41.5 Å². The molecule has 0 amide bonds. The van der Waals surface area contributed by atoms with Crippen molar-refractivity contribution in [2.75, 3.05) is 0 Å². The molecule has 0 atom stereocenters. The zero-order valence-electron chi connectivity index (χ0n) is 56.8. The molecule has 0 bridgehead atoms. The van der Waals surface area contributed by atoms with E-state index in [1.165, 1.54) is 0 Å². The summed E-state index contributed by atoms with van der Waals surface area (Å²) in [7, 11) is -46.8. The molecule has 0 rings (SSSR count). The number of rotatable bonds is 25. The first-order valence-electron chi connectivity index (χ1n) is 29.1. The minimum absolute atomic E-state index is 0.132. The van der Waals surface area contributed by atoms with Gasteiger partial charge in [-0.3, -0.25) is 0 Å². The minimum Gasteiger partial charge on any atom is -0.242 e. The Kier molecular flexibility index (Phi) is 23.1. The monoisotopic (exact) mass is 1280 g/mol. The molecule has 0 aromatic carbocycles. The van der Waals surface area contributed by atoms with Gasteiger partial charge in [0, 0.05) is 120 Å². The van der Waals surface area contributed by atoms with Crippen LogP contribution in [0.4, 0.5) is 12.3 Å². The van der Waals surface area contributed by atoms with Gasteiger partial charge in [-0.05, 0) is 0 Å². The molecular weight excluding hydrogens is 1150 g/mol. The summed E-state index contributed by atoms with van der Waals surface area (Å²) < 4.78 is 66.8. The normalized spacial score (nSPS) is 16.8. The Bertz CT molecular complexity index is 1370. The third-order valence-corrected chi connectivity index (χ3v) is 213. The van der Waals surface area contributed by atoms with Crippen LogP contribution in [0.15, 0.2) is 0 Å². The van der Waals surface area contributed by atoms with Crippen molar-refractivity contribution < 1.29 is 12.3 Å². The Balaban J connectivity index is 14.0. The zero-order valence-corrected chi connectivity index (χ0v) is 73.8. The predicted molar refractivity (Wildman–Crippen MR) is 380 cm³/mol. The third kappa shape index (κ3) is 13.7. The molecule has 0 saturated heterocycles. The highest BCUT2D eigenvalue weighted by molar-refractivity contribution is 8.10. The molecule has 0 saturated carbocycles. The Morgan fingerprint density at radius 3 is 0.310 bits per heavy atom. The molecule has 428 valence electrons. The van der Waals surface area contributed by atoms with Crippen LogP contribution in [0.3, 0.4) is 0 Å². The first kappa shape index (κ1) is 74.5. The van der Waals surface area contributed by atoms with E-state index < -0.39 is 134 Å². The summed E-state index contributed by atoms with van der Waals surface area (Å²) in [6.07, 6.45) is -4.75. The minimum atomic E-state index is -6.76. The van der Waals surface area contributed by atoms with Crippen molar-refractivity contribution in [3.63, 3.8) is 0 Å². The highest BCUT2D eigenvalue weighted by Crippen LogP contribution is 2.77. The van der Waals surface area contributed by atoms with Gasteiger partial charge in [0.25, 0.3) is 0 Å². The molecule has 0 aromatic heterocycles. The zero-order chi connectivity index (χ0) is 58.7. The van der Waals surface area contributed by atoms with Crippen molar-refractivity contribution in [2.24, 2.45) is 0 Å². The van der Waals surface area contributed by atoms with Crippen molar-refractivity contribution in [3.05, 3.63) is 0 Å². The number of halogens is 3. The van der Waals surface area contributed by atoms with Gasteiger partial charge < -0.3 is 0 Å². The molecule has 0 aromatic rings. The Morgan fingerprint density at radius 2 is 0.268 bits per heavy atom. The third-order valence-electron chi connectivity index (χ3n) is 18.5. The fraction of sp³-hybridized carbons (Fsp3) is 1.00. The van der Waals surface area contributed by atoms with E-state index in [1.807, 2.05) is 0 Å². The van der Waals surface area contributed by atoms with E-state index in [0.29, 0.717) is 28.7 Å². The molecular formula is C51H135F3Si17. The van der Waals surface area contributed by atoms with Crippen molar-refractivity contribution >= 4 is 134 Å². The lowest BCUT2D eigenvalue weighted by atomic mass is 10.6. The lowest BCUT2D eigenvalue weighted by molar-refractivity contribution is 0.512. The van der Waals surface area contributed by atoms with E-state index in [-0.39, 0.29) is 16.6 Å². The van der Waals surface area contributed by atoms with E-state index >= 15 is 12.3 Å². The predicted octanol–water partition coefficient (Wildman–Crippen LogP) is 21.9. The second-order valence-electron chi connectivity index (χ2n) is 38.5. The highest BCUT2D eigenvalue weighted by atomic mass is 30.2. The van der Waals surface area contributed by atoms with E-state index in [1.54, 1.807) is 0 Å². The maximum atomic E-state index is 22.3. The Morgan fingerprint density at radius 1 is 0.183 bits per heavy atom. The summed E-state index contributed by atoms with van der Waals surface area (Å²) in [5.41, 5.74) is 0.395.